The predicted molar refractivity (Wildman–Crippen MR) is 129 cm³/mol. The standard InChI is InChI=1S/C24H26N4O5S/c1-3-27-9-11-28(12-10-27)22-15-6-4-7-16-19(15)21(33-24(30)23(29)32-16)20(26-22)17-14-25-18(34-17)8-5-13-31-2/h4,6-7,14H,3,5,8-13H2,1-2H3. The summed E-state index contributed by atoms with van der Waals surface area (Å²) < 4.78 is 16.1. The van der Waals surface area contributed by atoms with Crippen molar-refractivity contribution in [2.75, 3.05) is 51.3 Å². The number of carbonyl (C=O) groups excluding carboxylic acids is 2. The number of thiazole rings is 1. The molecule has 2 aromatic heterocycles. The fourth-order valence-electron chi connectivity index (χ4n) is 4.33. The number of ether oxygens (including phenoxy) is 3. The Balaban J connectivity index is 1.65. The van der Waals surface area contributed by atoms with Gasteiger partial charge in [-0.05, 0) is 19.0 Å². The number of nitrogens with zero attached hydrogens (tertiary/aromatic N) is 4. The first-order chi connectivity index (χ1) is 16.6. The molecule has 0 amide bonds. The van der Waals surface area contributed by atoms with E-state index in [0.29, 0.717) is 23.4 Å². The number of aromatic nitrogens is 2. The van der Waals surface area contributed by atoms with Gasteiger partial charge in [-0.3, -0.25) is 0 Å². The van der Waals surface area contributed by atoms with Crippen LogP contribution in [-0.2, 0) is 20.7 Å². The van der Waals surface area contributed by atoms with Gasteiger partial charge in [-0.1, -0.05) is 19.1 Å². The summed E-state index contributed by atoms with van der Waals surface area (Å²) in [6, 6.07) is 5.41. The molecule has 4 heterocycles. The van der Waals surface area contributed by atoms with Gasteiger partial charge in [0.1, 0.15) is 17.3 Å². The molecule has 0 bridgehead atoms. The van der Waals surface area contributed by atoms with Gasteiger partial charge in [-0.15, -0.1) is 11.3 Å². The maximum atomic E-state index is 12.4. The molecule has 10 heteroatoms. The molecule has 2 aliphatic rings. The highest BCUT2D eigenvalue weighted by atomic mass is 32.1. The topological polar surface area (TPSA) is 94.1 Å². The summed E-state index contributed by atoms with van der Waals surface area (Å²) in [6.45, 7) is 7.34. The van der Waals surface area contributed by atoms with E-state index in [2.05, 4.69) is 21.7 Å². The number of esters is 2. The van der Waals surface area contributed by atoms with Gasteiger partial charge in [0.15, 0.2) is 5.75 Å². The van der Waals surface area contributed by atoms with E-state index >= 15 is 0 Å². The van der Waals surface area contributed by atoms with Crippen molar-refractivity contribution >= 4 is 39.9 Å². The number of anilines is 1. The molecule has 0 atom stereocenters. The molecule has 34 heavy (non-hydrogen) atoms. The van der Waals surface area contributed by atoms with Gasteiger partial charge in [0.2, 0.25) is 0 Å². The summed E-state index contributed by atoms with van der Waals surface area (Å²) >= 11 is 1.50. The second-order valence-electron chi connectivity index (χ2n) is 8.21. The first-order valence-electron chi connectivity index (χ1n) is 11.4. The zero-order valence-electron chi connectivity index (χ0n) is 19.2. The molecular formula is C24H26N4O5S. The van der Waals surface area contributed by atoms with Crippen molar-refractivity contribution in [2.45, 2.75) is 19.8 Å². The van der Waals surface area contributed by atoms with Crippen LogP contribution in [0.15, 0.2) is 24.4 Å². The van der Waals surface area contributed by atoms with Gasteiger partial charge in [0.25, 0.3) is 0 Å². The Morgan fingerprint density at radius 1 is 1.12 bits per heavy atom. The second-order valence-corrected chi connectivity index (χ2v) is 9.32. The lowest BCUT2D eigenvalue weighted by Gasteiger charge is -2.35. The van der Waals surface area contributed by atoms with Crippen LogP contribution < -0.4 is 14.4 Å². The quantitative estimate of drug-likeness (QED) is 0.218. The lowest BCUT2D eigenvalue weighted by Crippen LogP contribution is -2.46. The monoisotopic (exact) mass is 482 g/mol. The lowest BCUT2D eigenvalue weighted by molar-refractivity contribution is -0.155. The molecule has 5 rings (SSSR count). The molecule has 0 unspecified atom stereocenters. The average Bonchev–Trinajstić information content (AvgIpc) is 3.28. The van der Waals surface area contributed by atoms with Crippen LogP contribution in [0.4, 0.5) is 5.82 Å². The number of likely N-dealkylation sites (N-methyl/N-ethyl adjacent to an activating group) is 1. The Morgan fingerprint density at radius 2 is 1.91 bits per heavy atom. The molecule has 0 aliphatic carbocycles. The minimum Gasteiger partial charge on any atom is -0.417 e. The Bertz CT molecular complexity index is 1240. The van der Waals surface area contributed by atoms with Gasteiger partial charge in [-0.25, -0.2) is 19.6 Å². The average molecular weight is 483 g/mol. The number of rotatable bonds is 7. The minimum atomic E-state index is -1.06. The number of hydrogen-bond donors (Lipinski definition) is 0. The van der Waals surface area contributed by atoms with Crippen molar-refractivity contribution in [3.8, 4) is 22.1 Å². The molecule has 1 aromatic carbocycles. The van der Waals surface area contributed by atoms with Crippen LogP contribution in [0, 0.1) is 0 Å². The SMILES string of the molecule is CCN1CCN(c2nc(-c3cnc(CCCOC)s3)c3c4c(cccc24)OC(=O)C(=O)O3)CC1. The molecular weight excluding hydrogens is 456 g/mol. The van der Waals surface area contributed by atoms with Gasteiger partial charge in [0.05, 0.1) is 15.3 Å². The third-order valence-electron chi connectivity index (χ3n) is 6.14. The van der Waals surface area contributed by atoms with Gasteiger partial charge < -0.3 is 24.0 Å². The van der Waals surface area contributed by atoms with E-state index < -0.39 is 11.9 Å². The third kappa shape index (κ3) is 4.24. The zero-order valence-corrected chi connectivity index (χ0v) is 20.0. The fraction of sp³-hybridized carbons (Fsp3) is 0.417. The first-order valence-corrected chi connectivity index (χ1v) is 12.2. The summed E-state index contributed by atoms with van der Waals surface area (Å²) in [5.74, 6) is -0.781. The number of pyridine rings is 1. The van der Waals surface area contributed by atoms with Crippen LogP contribution in [0.1, 0.15) is 18.4 Å². The molecule has 2 aliphatic heterocycles. The van der Waals surface area contributed by atoms with Gasteiger partial charge in [0, 0.05) is 57.9 Å². The van der Waals surface area contributed by atoms with Crippen LogP contribution in [-0.4, -0.2) is 73.2 Å². The van der Waals surface area contributed by atoms with Gasteiger partial charge >= 0.3 is 11.9 Å². The van der Waals surface area contributed by atoms with Crippen molar-refractivity contribution in [1.29, 1.82) is 0 Å². The molecule has 1 saturated heterocycles. The highest BCUT2D eigenvalue weighted by molar-refractivity contribution is 7.15. The summed E-state index contributed by atoms with van der Waals surface area (Å²) in [5, 5.41) is 2.31. The van der Waals surface area contributed by atoms with Crippen LogP contribution in [0.2, 0.25) is 0 Å². The molecule has 178 valence electrons. The summed E-state index contributed by atoms with van der Waals surface area (Å²) in [7, 11) is 1.68. The van der Waals surface area contributed by atoms with Crippen molar-refractivity contribution in [1.82, 2.24) is 14.9 Å². The normalized spacial score (nSPS) is 16.5. The van der Waals surface area contributed by atoms with E-state index in [-0.39, 0.29) is 5.75 Å². The predicted octanol–water partition coefficient (Wildman–Crippen LogP) is 2.90. The molecule has 0 N–H and O–H groups in total. The number of hydrogen-bond acceptors (Lipinski definition) is 10. The van der Waals surface area contributed by atoms with Crippen LogP contribution >= 0.6 is 11.3 Å². The van der Waals surface area contributed by atoms with Crippen molar-refractivity contribution in [2.24, 2.45) is 0 Å². The Morgan fingerprint density at radius 3 is 2.68 bits per heavy atom. The first kappa shape index (κ1) is 22.7. The number of benzene rings is 1. The maximum Gasteiger partial charge on any atom is 0.423 e. The molecule has 1 fully saturated rings. The molecule has 0 spiro atoms. The summed E-state index contributed by atoms with van der Waals surface area (Å²) in [4.78, 5) is 39.6. The lowest BCUT2D eigenvalue weighted by atomic mass is 10.1. The van der Waals surface area contributed by atoms with E-state index in [1.807, 2.05) is 6.07 Å². The Kier molecular flexibility index (Phi) is 6.44. The summed E-state index contributed by atoms with van der Waals surface area (Å²) in [6.07, 6.45) is 3.38. The highest BCUT2D eigenvalue weighted by Gasteiger charge is 2.32. The molecule has 0 saturated carbocycles. The van der Waals surface area contributed by atoms with Crippen molar-refractivity contribution < 1.29 is 23.8 Å². The Hall–Kier alpha value is -3.08. The van der Waals surface area contributed by atoms with Crippen LogP contribution in [0.3, 0.4) is 0 Å². The van der Waals surface area contributed by atoms with Crippen LogP contribution in [0.5, 0.6) is 11.5 Å². The van der Waals surface area contributed by atoms with E-state index in [1.54, 1.807) is 25.4 Å². The van der Waals surface area contributed by atoms with E-state index in [4.69, 9.17) is 19.2 Å². The summed E-state index contributed by atoms with van der Waals surface area (Å²) in [5.41, 5.74) is 0.495. The molecule has 9 nitrogen and oxygen atoms in total. The van der Waals surface area contributed by atoms with Crippen LogP contribution in [0.25, 0.3) is 21.3 Å². The number of carbonyl (C=O) groups is 2. The number of aryl methyl sites for hydroxylation is 1. The largest absolute Gasteiger partial charge is 0.423 e. The Labute approximate surface area is 201 Å². The van der Waals surface area contributed by atoms with Crippen molar-refractivity contribution in [3.63, 3.8) is 0 Å². The van der Waals surface area contributed by atoms with E-state index in [0.717, 1.165) is 66.7 Å². The van der Waals surface area contributed by atoms with Gasteiger partial charge in [-0.2, -0.15) is 0 Å². The molecule has 3 aromatic rings. The number of methoxy groups -OCH3 is 1. The van der Waals surface area contributed by atoms with Crippen molar-refractivity contribution in [3.05, 3.63) is 29.4 Å². The van der Waals surface area contributed by atoms with E-state index in [9.17, 15) is 9.59 Å². The fourth-order valence-corrected chi connectivity index (χ4v) is 5.28. The second kappa shape index (κ2) is 9.65. The zero-order chi connectivity index (χ0) is 23.7. The maximum absolute atomic E-state index is 12.4. The smallest absolute Gasteiger partial charge is 0.417 e. The number of piperazine rings is 1. The minimum absolute atomic E-state index is 0.240. The van der Waals surface area contributed by atoms with E-state index in [1.165, 1.54) is 11.3 Å². The highest BCUT2D eigenvalue weighted by Crippen LogP contribution is 2.46. The molecule has 0 radical (unpaired) electrons. The third-order valence-corrected chi connectivity index (χ3v) is 7.20.